The molecule has 21 N–H and O–H groups in total. The summed E-state index contributed by atoms with van der Waals surface area (Å²) in [7, 11) is -13.9. The fraction of sp³-hybridized carbons (Fsp3) is 0.500. The molecule has 0 saturated carbocycles. The van der Waals surface area contributed by atoms with Crippen molar-refractivity contribution in [3.63, 3.8) is 0 Å². The summed E-state index contributed by atoms with van der Waals surface area (Å²) in [5, 5.41) is 57.5. The molecule has 0 bridgehead atoms. The summed E-state index contributed by atoms with van der Waals surface area (Å²) in [5.74, 6) is -0.202. The SMILES string of the molecule is Nc1nc2c(ncn2[C@@H]2O[C@H](CO)[C@@H](O)[C@H]2O)c(=O)[nH]1.Nc1nc2c(ncn2[C@@H]2O[C@H](CO)[C@@H](O)[C@H]2O)c(=O)[nH]1.O=P(O)(O)O.O=P(O)(O)O.O=P(O)(O)O. The van der Waals surface area contributed by atoms with Gasteiger partial charge in [0.25, 0.3) is 11.1 Å². The molecule has 32 nitrogen and oxygen atoms in total. The van der Waals surface area contributed by atoms with Crippen LogP contribution in [0.15, 0.2) is 22.2 Å². The number of imidazole rings is 2. The number of aromatic nitrogens is 8. The largest absolute Gasteiger partial charge is 0.466 e. The Kier molecular flexibility index (Phi) is 16.4. The molecule has 0 aliphatic carbocycles. The number of aliphatic hydroxyl groups excluding tert-OH is 6. The van der Waals surface area contributed by atoms with Gasteiger partial charge in [0.15, 0.2) is 34.8 Å². The molecule has 0 radical (unpaired) electrons. The van der Waals surface area contributed by atoms with E-state index in [1.807, 2.05) is 0 Å². The van der Waals surface area contributed by atoms with E-state index in [-0.39, 0.29) is 34.2 Å². The van der Waals surface area contributed by atoms with Crippen molar-refractivity contribution in [2.45, 2.75) is 49.1 Å². The molecular formula is C20H35N10O22P3. The maximum atomic E-state index is 11.7. The molecule has 6 rings (SSSR count). The number of fused-ring (bicyclic) bond motifs is 2. The lowest BCUT2D eigenvalue weighted by atomic mass is 10.1. The lowest BCUT2D eigenvalue weighted by molar-refractivity contribution is -0.0511. The van der Waals surface area contributed by atoms with Gasteiger partial charge in [-0.3, -0.25) is 28.7 Å². The number of nitrogens with two attached hydrogens (primary N) is 2. The molecule has 2 aliphatic rings. The normalized spacial score (nSPS) is 25.1. The second-order valence-corrected chi connectivity index (χ2v) is 13.6. The zero-order valence-corrected chi connectivity index (χ0v) is 29.6. The van der Waals surface area contributed by atoms with Crippen molar-refractivity contribution in [2.75, 3.05) is 24.7 Å². The smallest absolute Gasteiger partial charge is 0.394 e. The molecule has 35 heteroatoms. The van der Waals surface area contributed by atoms with Gasteiger partial charge in [0.2, 0.25) is 11.9 Å². The van der Waals surface area contributed by atoms with Crippen LogP contribution in [0.5, 0.6) is 0 Å². The highest BCUT2D eigenvalue weighted by molar-refractivity contribution is 7.45. The van der Waals surface area contributed by atoms with E-state index in [0.717, 1.165) is 0 Å². The first-order valence-electron chi connectivity index (χ1n) is 14.1. The van der Waals surface area contributed by atoms with Crippen LogP contribution in [0.4, 0.5) is 11.9 Å². The second-order valence-electron chi connectivity index (χ2n) is 10.5. The molecule has 6 heterocycles. The van der Waals surface area contributed by atoms with E-state index >= 15 is 0 Å². The van der Waals surface area contributed by atoms with Crippen LogP contribution < -0.4 is 22.6 Å². The minimum absolute atomic E-state index is 0.0388. The number of hydrogen-bond donors (Lipinski definition) is 19. The average Bonchev–Trinajstić information content (AvgIpc) is 3.76. The van der Waals surface area contributed by atoms with Gasteiger partial charge in [0, 0.05) is 0 Å². The van der Waals surface area contributed by atoms with Gasteiger partial charge < -0.3 is 95.6 Å². The summed E-state index contributed by atoms with van der Waals surface area (Å²) < 4.78 is 39.9. The van der Waals surface area contributed by atoms with Gasteiger partial charge in [0.05, 0.1) is 25.9 Å². The van der Waals surface area contributed by atoms with Gasteiger partial charge in [-0.25, -0.2) is 23.7 Å². The highest BCUT2D eigenvalue weighted by Crippen LogP contribution is 2.32. The van der Waals surface area contributed by atoms with Crippen molar-refractivity contribution in [3.8, 4) is 0 Å². The fourth-order valence-electron chi connectivity index (χ4n) is 4.48. The van der Waals surface area contributed by atoms with Crippen molar-refractivity contribution in [2.24, 2.45) is 0 Å². The number of hydrogen-bond acceptors (Lipinski definition) is 19. The number of phosphoric acid groups is 3. The standard InChI is InChI=1S/2C10H13N5O5.3H3O4P/c2*11-10-13-7-4(8(19)14-10)12-2-15(7)9-6(18)5(17)3(1-16)20-9;3*1-5(2,3)4/h2*2-3,5-6,9,16-18H,1H2,(H3,11,13,14,19);3*(H3,1,2,3,4)/t2*3-,5-,6-,9-;;;/m11.../s1. The first kappa shape index (κ1) is 47.5. The quantitative estimate of drug-likeness (QED) is 0.0847. The van der Waals surface area contributed by atoms with Gasteiger partial charge in [-0.1, -0.05) is 0 Å². The number of H-pyrrole nitrogens is 2. The van der Waals surface area contributed by atoms with Crippen molar-refractivity contribution in [1.82, 2.24) is 39.0 Å². The molecule has 312 valence electrons. The molecule has 0 amide bonds. The Morgan fingerprint density at radius 1 is 0.600 bits per heavy atom. The maximum absolute atomic E-state index is 11.7. The van der Waals surface area contributed by atoms with Crippen LogP contribution in [-0.2, 0) is 23.2 Å². The Morgan fingerprint density at radius 3 is 1.11 bits per heavy atom. The number of rotatable bonds is 4. The van der Waals surface area contributed by atoms with E-state index < -0.39 is 96.9 Å². The van der Waals surface area contributed by atoms with Crippen LogP contribution in [0.3, 0.4) is 0 Å². The average molecular weight is 860 g/mol. The molecule has 2 fully saturated rings. The number of aromatic amines is 2. The molecule has 0 aromatic carbocycles. The van der Waals surface area contributed by atoms with E-state index in [9.17, 15) is 30.0 Å². The predicted molar refractivity (Wildman–Crippen MR) is 174 cm³/mol. The van der Waals surface area contributed by atoms with E-state index in [0.29, 0.717) is 0 Å². The number of anilines is 2. The molecule has 4 aromatic heterocycles. The highest BCUT2D eigenvalue weighted by Gasteiger charge is 2.45. The fourth-order valence-corrected chi connectivity index (χ4v) is 4.48. The number of nitrogens with zero attached hydrogens (tertiary/aromatic N) is 6. The van der Waals surface area contributed by atoms with Crippen LogP contribution in [-0.4, -0.2) is 164 Å². The summed E-state index contributed by atoms with van der Waals surface area (Å²) in [4.78, 5) is 108. The summed E-state index contributed by atoms with van der Waals surface area (Å²) in [6, 6.07) is 0. The number of nitrogen functional groups attached to an aromatic ring is 2. The molecule has 0 unspecified atom stereocenters. The van der Waals surface area contributed by atoms with E-state index in [1.165, 1.54) is 21.8 Å². The Labute approximate surface area is 301 Å². The number of nitrogens with one attached hydrogen (secondary N) is 2. The first-order chi connectivity index (χ1) is 25.0. The Balaban J connectivity index is 0.000000279. The highest BCUT2D eigenvalue weighted by atomic mass is 31.2. The van der Waals surface area contributed by atoms with Gasteiger partial charge in [-0.15, -0.1) is 0 Å². The molecule has 2 aliphatic heterocycles. The van der Waals surface area contributed by atoms with Gasteiger partial charge in [-0.2, -0.15) is 9.97 Å². The maximum Gasteiger partial charge on any atom is 0.466 e. The Bertz CT molecular complexity index is 1950. The van der Waals surface area contributed by atoms with Crippen molar-refractivity contribution >= 4 is 57.7 Å². The van der Waals surface area contributed by atoms with Gasteiger partial charge in [0.1, 0.15) is 36.6 Å². The van der Waals surface area contributed by atoms with E-state index in [2.05, 4.69) is 29.9 Å². The second kappa shape index (κ2) is 19.0. The van der Waals surface area contributed by atoms with Gasteiger partial charge in [-0.05, 0) is 0 Å². The first-order valence-corrected chi connectivity index (χ1v) is 18.8. The third-order valence-electron chi connectivity index (χ3n) is 6.48. The topological polar surface area (TPSA) is 552 Å². The van der Waals surface area contributed by atoms with Crippen LogP contribution in [0.25, 0.3) is 22.3 Å². The van der Waals surface area contributed by atoms with Crippen LogP contribution in [0, 0.1) is 0 Å². The molecule has 4 aromatic rings. The lowest BCUT2D eigenvalue weighted by Gasteiger charge is -2.16. The van der Waals surface area contributed by atoms with Gasteiger partial charge >= 0.3 is 23.5 Å². The van der Waals surface area contributed by atoms with E-state index in [4.69, 9.17) is 88.9 Å². The third kappa shape index (κ3) is 14.4. The van der Waals surface area contributed by atoms with E-state index in [1.54, 1.807) is 0 Å². The monoisotopic (exact) mass is 860 g/mol. The Hall–Kier alpha value is -3.69. The third-order valence-corrected chi connectivity index (χ3v) is 6.48. The minimum Gasteiger partial charge on any atom is -0.394 e. The lowest BCUT2D eigenvalue weighted by Crippen LogP contribution is -2.33. The zero-order chi connectivity index (χ0) is 42.4. The number of ether oxygens (including phenoxy) is 2. The minimum atomic E-state index is -4.64. The van der Waals surface area contributed by atoms with Crippen LogP contribution in [0.2, 0.25) is 0 Å². The molecular weight excluding hydrogens is 825 g/mol. The molecule has 0 spiro atoms. The summed E-state index contributed by atoms with van der Waals surface area (Å²) in [6.45, 7) is -0.894. The van der Waals surface area contributed by atoms with Crippen LogP contribution in [0.1, 0.15) is 12.5 Å². The number of aliphatic hydroxyl groups is 6. The predicted octanol–water partition coefficient (Wildman–Crippen LogP) is -8.16. The summed E-state index contributed by atoms with van der Waals surface area (Å²) in [6.07, 6.45) is -6.43. The van der Waals surface area contributed by atoms with Crippen molar-refractivity contribution < 1.29 is 97.8 Å². The summed E-state index contributed by atoms with van der Waals surface area (Å²) >= 11 is 0. The summed E-state index contributed by atoms with van der Waals surface area (Å²) in [5.41, 5.74) is 10.2. The molecule has 8 atom stereocenters. The zero-order valence-electron chi connectivity index (χ0n) is 26.9. The molecule has 55 heavy (non-hydrogen) atoms. The van der Waals surface area contributed by atoms with Crippen LogP contribution >= 0.6 is 23.5 Å². The Morgan fingerprint density at radius 2 is 0.873 bits per heavy atom. The molecule has 2 saturated heterocycles. The van der Waals surface area contributed by atoms with Crippen molar-refractivity contribution in [3.05, 3.63) is 33.4 Å². The van der Waals surface area contributed by atoms with Crippen molar-refractivity contribution in [1.29, 1.82) is 0 Å².